The van der Waals surface area contributed by atoms with Gasteiger partial charge in [0.25, 0.3) is 5.56 Å². The Morgan fingerprint density at radius 3 is 2.87 bits per heavy atom. The third-order valence-corrected chi connectivity index (χ3v) is 6.19. The van der Waals surface area contributed by atoms with Crippen molar-refractivity contribution in [3.05, 3.63) is 76.9 Å². The summed E-state index contributed by atoms with van der Waals surface area (Å²) < 4.78 is 7.85. The van der Waals surface area contributed by atoms with E-state index < -0.39 is 0 Å². The molecule has 4 aromatic rings. The van der Waals surface area contributed by atoms with Gasteiger partial charge in [0.2, 0.25) is 5.89 Å². The molecule has 0 aromatic carbocycles. The molecule has 2 atom stereocenters. The molecular formula is C23H21N5O2. The van der Waals surface area contributed by atoms with Crippen molar-refractivity contribution < 1.29 is 4.42 Å². The van der Waals surface area contributed by atoms with Crippen LogP contribution in [0.3, 0.4) is 0 Å². The molecule has 150 valence electrons. The molecule has 1 fully saturated rings. The molecule has 4 aromatic heterocycles. The lowest BCUT2D eigenvalue weighted by Gasteiger charge is -2.42. The molecule has 2 bridgehead atoms. The van der Waals surface area contributed by atoms with Crippen molar-refractivity contribution in [3.8, 4) is 11.1 Å². The summed E-state index contributed by atoms with van der Waals surface area (Å²) in [7, 11) is 0. The summed E-state index contributed by atoms with van der Waals surface area (Å²) in [5.41, 5.74) is 4.51. The van der Waals surface area contributed by atoms with E-state index in [4.69, 9.17) is 4.42 Å². The molecule has 7 nitrogen and oxygen atoms in total. The summed E-state index contributed by atoms with van der Waals surface area (Å²) in [5.74, 6) is 1.48. The van der Waals surface area contributed by atoms with E-state index in [2.05, 4.69) is 25.9 Å². The van der Waals surface area contributed by atoms with Crippen LogP contribution in [0.5, 0.6) is 0 Å². The average Bonchev–Trinajstić information content (AvgIpc) is 3.17. The van der Waals surface area contributed by atoms with Crippen LogP contribution in [-0.2, 0) is 13.1 Å². The van der Waals surface area contributed by atoms with E-state index in [-0.39, 0.29) is 5.56 Å². The molecule has 0 unspecified atom stereocenters. The van der Waals surface area contributed by atoms with Crippen molar-refractivity contribution >= 4 is 11.2 Å². The van der Waals surface area contributed by atoms with E-state index in [9.17, 15) is 4.79 Å². The zero-order valence-corrected chi connectivity index (χ0v) is 16.4. The van der Waals surface area contributed by atoms with Gasteiger partial charge >= 0.3 is 0 Å². The highest BCUT2D eigenvalue weighted by molar-refractivity contribution is 5.66. The molecule has 7 heteroatoms. The van der Waals surface area contributed by atoms with Crippen LogP contribution in [0.4, 0.5) is 0 Å². The lowest BCUT2D eigenvalue weighted by Crippen LogP contribution is -2.46. The molecule has 0 aliphatic carbocycles. The summed E-state index contributed by atoms with van der Waals surface area (Å²) >= 11 is 0. The number of likely N-dealkylation sites (tertiary alicyclic amines) is 1. The zero-order valence-electron chi connectivity index (χ0n) is 16.4. The predicted octanol–water partition coefficient (Wildman–Crippen LogP) is 3.07. The topological polar surface area (TPSA) is 77.1 Å². The maximum Gasteiger partial charge on any atom is 0.251 e. The Balaban J connectivity index is 1.30. The molecule has 0 N–H and O–H groups in total. The van der Waals surface area contributed by atoms with Gasteiger partial charge in [0.15, 0.2) is 11.2 Å². The number of hydrogen-bond acceptors (Lipinski definition) is 6. The van der Waals surface area contributed by atoms with Gasteiger partial charge in [-0.25, -0.2) is 4.98 Å². The molecule has 6 heterocycles. The van der Waals surface area contributed by atoms with Crippen LogP contribution in [0.2, 0.25) is 0 Å². The van der Waals surface area contributed by atoms with Crippen LogP contribution in [0, 0.1) is 5.92 Å². The van der Waals surface area contributed by atoms with Gasteiger partial charge in [-0.15, -0.1) is 0 Å². The Bertz CT molecular complexity index is 1250. The fraction of sp³-hybridized carbons (Fsp3) is 0.304. The molecule has 0 spiro atoms. The number of aromatic nitrogens is 4. The van der Waals surface area contributed by atoms with Crippen molar-refractivity contribution in [1.82, 2.24) is 24.4 Å². The quantitative estimate of drug-likeness (QED) is 0.527. The van der Waals surface area contributed by atoms with Gasteiger partial charge in [0.1, 0.15) is 0 Å². The summed E-state index contributed by atoms with van der Waals surface area (Å²) in [4.78, 5) is 28.3. The Morgan fingerprint density at radius 1 is 1.07 bits per heavy atom. The molecule has 1 saturated heterocycles. The first kappa shape index (κ1) is 17.5. The SMILES string of the molecule is O=c1cc(-c2cccnc2)cc2n1C[C@H]1C[C@@H]2CN(Cc2nc3ncccc3o2)C1. The van der Waals surface area contributed by atoms with E-state index in [1.54, 1.807) is 18.5 Å². The summed E-state index contributed by atoms with van der Waals surface area (Å²) in [6, 6.07) is 11.6. The highest BCUT2D eigenvalue weighted by atomic mass is 16.3. The molecule has 0 amide bonds. The normalized spacial score (nSPS) is 20.9. The highest BCUT2D eigenvalue weighted by Crippen LogP contribution is 2.37. The van der Waals surface area contributed by atoms with Crippen molar-refractivity contribution in [2.24, 2.45) is 5.92 Å². The van der Waals surface area contributed by atoms with Gasteiger partial charge in [-0.2, -0.15) is 4.98 Å². The van der Waals surface area contributed by atoms with Crippen molar-refractivity contribution in [2.45, 2.75) is 25.4 Å². The van der Waals surface area contributed by atoms with E-state index in [0.29, 0.717) is 29.9 Å². The average molecular weight is 399 g/mol. The van der Waals surface area contributed by atoms with Crippen LogP contribution >= 0.6 is 0 Å². The van der Waals surface area contributed by atoms with E-state index in [1.165, 1.54) is 0 Å². The summed E-state index contributed by atoms with van der Waals surface area (Å²) in [6.07, 6.45) is 6.40. The fourth-order valence-electron chi connectivity index (χ4n) is 4.96. The largest absolute Gasteiger partial charge is 0.438 e. The number of pyridine rings is 3. The van der Waals surface area contributed by atoms with E-state index >= 15 is 0 Å². The van der Waals surface area contributed by atoms with E-state index in [1.807, 2.05) is 35.0 Å². The van der Waals surface area contributed by atoms with Gasteiger partial charge in [-0.1, -0.05) is 6.07 Å². The Labute approximate surface area is 173 Å². The molecule has 0 radical (unpaired) electrons. The van der Waals surface area contributed by atoms with Gasteiger partial charge in [-0.05, 0) is 42.2 Å². The molecular weight excluding hydrogens is 378 g/mol. The minimum absolute atomic E-state index is 0.0829. The molecule has 2 aliphatic rings. The van der Waals surface area contributed by atoms with Gasteiger partial charge < -0.3 is 8.98 Å². The van der Waals surface area contributed by atoms with Crippen molar-refractivity contribution in [3.63, 3.8) is 0 Å². The smallest absolute Gasteiger partial charge is 0.251 e. The van der Waals surface area contributed by atoms with Gasteiger partial charge in [-0.3, -0.25) is 14.7 Å². The second kappa shape index (κ2) is 6.88. The lowest BCUT2D eigenvalue weighted by atomic mass is 9.82. The van der Waals surface area contributed by atoms with Gasteiger partial charge in [0, 0.05) is 61.5 Å². The number of rotatable bonds is 3. The summed E-state index contributed by atoms with van der Waals surface area (Å²) in [5, 5.41) is 0. The van der Waals surface area contributed by atoms with Crippen molar-refractivity contribution in [1.29, 1.82) is 0 Å². The predicted molar refractivity (Wildman–Crippen MR) is 112 cm³/mol. The number of piperidine rings is 1. The number of nitrogens with zero attached hydrogens (tertiary/aromatic N) is 5. The maximum atomic E-state index is 12.9. The first-order valence-corrected chi connectivity index (χ1v) is 10.3. The Hall–Kier alpha value is -3.32. The third-order valence-electron chi connectivity index (χ3n) is 6.19. The molecule has 2 aliphatic heterocycles. The Morgan fingerprint density at radius 2 is 2.00 bits per heavy atom. The number of oxazole rings is 1. The number of fused-ring (bicyclic) bond motifs is 5. The summed E-state index contributed by atoms with van der Waals surface area (Å²) in [6.45, 7) is 3.26. The van der Waals surface area contributed by atoms with Gasteiger partial charge in [0.05, 0.1) is 6.54 Å². The second-order valence-electron chi connectivity index (χ2n) is 8.28. The fourth-order valence-corrected chi connectivity index (χ4v) is 4.96. The van der Waals surface area contributed by atoms with Crippen LogP contribution in [0.25, 0.3) is 22.4 Å². The molecule has 6 rings (SSSR count). The van der Waals surface area contributed by atoms with Crippen LogP contribution in [0.1, 0.15) is 23.9 Å². The first-order chi connectivity index (χ1) is 14.7. The van der Waals surface area contributed by atoms with Crippen molar-refractivity contribution in [2.75, 3.05) is 13.1 Å². The van der Waals surface area contributed by atoms with Crippen LogP contribution < -0.4 is 5.56 Å². The van der Waals surface area contributed by atoms with Crippen LogP contribution in [-0.4, -0.2) is 37.5 Å². The second-order valence-corrected chi connectivity index (χ2v) is 8.28. The highest BCUT2D eigenvalue weighted by Gasteiger charge is 2.35. The third kappa shape index (κ3) is 3.02. The zero-order chi connectivity index (χ0) is 20.1. The molecule has 0 saturated carbocycles. The first-order valence-electron chi connectivity index (χ1n) is 10.3. The standard InChI is InChI=1S/C23H21N5O2/c29-22-9-17(16-3-1-5-24-10-16)8-19-18-7-15(12-28(19)22)11-27(13-18)14-21-26-23-20(30-21)4-2-6-25-23/h1-6,8-10,15,18H,7,11-14H2/t15-,18+/m0/s1. The number of hydrogen-bond donors (Lipinski definition) is 0. The van der Waals surface area contributed by atoms with Crippen LogP contribution in [0.15, 0.2) is 64.2 Å². The maximum absolute atomic E-state index is 12.9. The minimum Gasteiger partial charge on any atom is -0.438 e. The minimum atomic E-state index is 0.0829. The lowest BCUT2D eigenvalue weighted by molar-refractivity contribution is 0.107. The molecule has 30 heavy (non-hydrogen) atoms. The Kier molecular flexibility index (Phi) is 4.02. The monoisotopic (exact) mass is 399 g/mol. The van der Waals surface area contributed by atoms with E-state index in [0.717, 1.165) is 48.5 Å².